The number of aromatic amines is 1. The van der Waals surface area contributed by atoms with Gasteiger partial charge < -0.3 is 4.98 Å². The number of aromatic nitrogens is 8. The minimum Gasteiger partial charge on any atom is -0.331 e. The van der Waals surface area contributed by atoms with E-state index in [2.05, 4.69) is 24.9 Å². The largest absolute Gasteiger partial charge is 0.331 e. The van der Waals surface area contributed by atoms with E-state index in [1.54, 1.807) is 37.7 Å². The second-order valence-electron chi connectivity index (χ2n) is 4.19. The molecule has 0 aliphatic heterocycles. The van der Waals surface area contributed by atoms with Crippen molar-refractivity contribution in [2.24, 2.45) is 0 Å². The molecular formula is C12H10N8. The number of hydrogen-bond donors (Lipinski definition) is 1. The first kappa shape index (κ1) is 10.7. The van der Waals surface area contributed by atoms with Gasteiger partial charge in [0.05, 0.1) is 24.9 Å². The average molecular weight is 266 g/mol. The Hall–Kier alpha value is -3.16. The molecule has 0 bridgehead atoms. The normalized spacial score (nSPS) is 11.0. The van der Waals surface area contributed by atoms with Crippen molar-refractivity contribution in [3.63, 3.8) is 0 Å². The quantitative estimate of drug-likeness (QED) is 0.599. The van der Waals surface area contributed by atoms with E-state index in [1.807, 2.05) is 32.3 Å². The third kappa shape index (κ3) is 1.70. The van der Waals surface area contributed by atoms with Crippen molar-refractivity contribution in [3.05, 3.63) is 56.3 Å². The van der Waals surface area contributed by atoms with Gasteiger partial charge in [-0.15, -0.1) is 0 Å². The van der Waals surface area contributed by atoms with E-state index in [0.717, 1.165) is 17.5 Å². The summed E-state index contributed by atoms with van der Waals surface area (Å²) < 4.78 is 5.55. The van der Waals surface area contributed by atoms with Crippen molar-refractivity contribution in [2.45, 2.75) is 0 Å². The average Bonchev–Trinajstić information content (AvgIpc) is 3.22. The smallest absolute Gasteiger partial charge is 0.156 e. The van der Waals surface area contributed by atoms with Crippen LogP contribution in [0.2, 0.25) is 0 Å². The Balaban J connectivity index is 1.68. The molecule has 4 rings (SSSR count). The van der Waals surface area contributed by atoms with Crippen molar-refractivity contribution >= 4 is 0 Å². The molecular weight excluding hydrogens is 256 g/mol. The summed E-state index contributed by atoms with van der Waals surface area (Å²) >= 11 is 0. The molecule has 0 saturated carbocycles. The number of imidazole rings is 4. The van der Waals surface area contributed by atoms with E-state index >= 15 is 0 Å². The van der Waals surface area contributed by atoms with Gasteiger partial charge in [-0.1, -0.05) is 0 Å². The molecule has 98 valence electrons. The second-order valence-corrected chi connectivity index (χ2v) is 4.19. The van der Waals surface area contributed by atoms with Crippen LogP contribution < -0.4 is 0 Å². The molecule has 4 heterocycles. The Labute approximate surface area is 113 Å². The Bertz CT molecular complexity index is 735. The molecule has 0 fully saturated rings. The minimum absolute atomic E-state index is 0.776. The summed E-state index contributed by atoms with van der Waals surface area (Å²) in [6.07, 6.45) is 15.8. The van der Waals surface area contributed by atoms with Crippen molar-refractivity contribution in [1.29, 1.82) is 0 Å². The zero-order valence-electron chi connectivity index (χ0n) is 10.3. The summed E-state index contributed by atoms with van der Waals surface area (Å²) in [5.74, 6) is 2.43. The predicted octanol–water partition coefficient (Wildman–Crippen LogP) is 0.967. The molecule has 0 atom stereocenters. The van der Waals surface area contributed by atoms with Crippen LogP contribution in [0.5, 0.6) is 0 Å². The summed E-state index contributed by atoms with van der Waals surface area (Å²) in [7, 11) is 0. The molecule has 8 heteroatoms. The molecule has 0 radical (unpaired) electrons. The highest BCUT2D eigenvalue weighted by Crippen LogP contribution is 2.11. The van der Waals surface area contributed by atoms with Crippen molar-refractivity contribution in [1.82, 2.24) is 38.6 Å². The third-order valence-corrected chi connectivity index (χ3v) is 2.93. The summed E-state index contributed by atoms with van der Waals surface area (Å²) in [5, 5.41) is 0. The molecule has 0 unspecified atom stereocenters. The second kappa shape index (κ2) is 4.19. The molecule has 8 nitrogen and oxygen atoms in total. The SMILES string of the molecule is c1cn(-c2cn(-c3cn(-c4cnc[nH]4)cn3)cn2)cn1. The number of nitrogens with zero attached hydrogens (tertiary/aromatic N) is 7. The minimum atomic E-state index is 0.776. The molecule has 20 heavy (non-hydrogen) atoms. The van der Waals surface area contributed by atoms with Gasteiger partial charge in [-0.25, -0.2) is 19.9 Å². The van der Waals surface area contributed by atoms with E-state index in [-0.39, 0.29) is 0 Å². The Morgan fingerprint density at radius 3 is 2.40 bits per heavy atom. The van der Waals surface area contributed by atoms with Crippen LogP contribution in [-0.2, 0) is 0 Å². The summed E-state index contributed by atoms with van der Waals surface area (Å²) in [6, 6.07) is 0. The van der Waals surface area contributed by atoms with Crippen LogP contribution in [0.4, 0.5) is 0 Å². The fourth-order valence-corrected chi connectivity index (χ4v) is 1.93. The fourth-order valence-electron chi connectivity index (χ4n) is 1.93. The summed E-state index contributed by atoms with van der Waals surface area (Å²) in [5.41, 5.74) is 0. The highest BCUT2D eigenvalue weighted by molar-refractivity contribution is 5.29. The molecule has 0 aromatic carbocycles. The van der Waals surface area contributed by atoms with Crippen molar-refractivity contribution in [2.75, 3.05) is 0 Å². The number of rotatable bonds is 3. The van der Waals surface area contributed by atoms with E-state index in [9.17, 15) is 0 Å². The lowest BCUT2D eigenvalue weighted by atomic mass is 10.6. The van der Waals surface area contributed by atoms with Crippen LogP contribution in [0.3, 0.4) is 0 Å². The molecule has 0 aliphatic rings. The van der Waals surface area contributed by atoms with Crippen molar-refractivity contribution < 1.29 is 0 Å². The van der Waals surface area contributed by atoms with E-state index in [1.165, 1.54) is 0 Å². The Kier molecular flexibility index (Phi) is 2.25. The first-order valence-corrected chi connectivity index (χ1v) is 5.95. The molecule has 1 N–H and O–H groups in total. The van der Waals surface area contributed by atoms with Crippen LogP contribution in [0, 0.1) is 0 Å². The van der Waals surface area contributed by atoms with E-state index in [4.69, 9.17) is 0 Å². The summed E-state index contributed by atoms with van der Waals surface area (Å²) in [6.45, 7) is 0. The van der Waals surface area contributed by atoms with Gasteiger partial charge in [0.15, 0.2) is 11.6 Å². The van der Waals surface area contributed by atoms with Gasteiger partial charge in [0.2, 0.25) is 0 Å². The zero-order chi connectivity index (χ0) is 13.4. The number of hydrogen-bond acceptors (Lipinski definition) is 4. The lowest BCUT2D eigenvalue weighted by Crippen LogP contribution is -1.92. The molecule has 0 saturated heterocycles. The van der Waals surface area contributed by atoms with Gasteiger partial charge in [-0.3, -0.25) is 13.7 Å². The maximum atomic E-state index is 4.35. The van der Waals surface area contributed by atoms with Crippen LogP contribution >= 0.6 is 0 Å². The van der Waals surface area contributed by atoms with E-state index in [0.29, 0.717) is 0 Å². The fraction of sp³-hybridized carbons (Fsp3) is 0. The first-order chi connectivity index (χ1) is 9.90. The Morgan fingerprint density at radius 1 is 0.850 bits per heavy atom. The standard InChI is InChI=1S/C12H10N8/c1-2-18(7-13-1)11-4-20(9-16-11)12-5-19(8-17-12)10-3-14-6-15-10/h1-9H,(H,14,15). The maximum absolute atomic E-state index is 4.35. The third-order valence-electron chi connectivity index (χ3n) is 2.93. The van der Waals surface area contributed by atoms with Crippen LogP contribution in [0.15, 0.2) is 56.3 Å². The number of H-pyrrole nitrogens is 1. The van der Waals surface area contributed by atoms with Crippen molar-refractivity contribution in [3.8, 4) is 17.5 Å². The van der Waals surface area contributed by atoms with Gasteiger partial charge in [-0.05, 0) is 0 Å². The van der Waals surface area contributed by atoms with Gasteiger partial charge in [0.1, 0.15) is 24.8 Å². The lowest BCUT2D eigenvalue weighted by Gasteiger charge is -1.96. The van der Waals surface area contributed by atoms with Crippen LogP contribution in [0.25, 0.3) is 17.5 Å². The molecule has 0 spiro atoms. The molecule has 4 aromatic heterocycles. The number of nitrogens with one attached hydrogen (secondary N) is 1. The predicted molar refractivity (Wildman–Crippen MR) is 70.0 cm³/mol. The van der Waals surface area contributed by atoms with Gasteiger partial charge in [-0.2, -0.15) is 0 Å². The molecule has 0 aliphatic carbocycles. The highest BCUT2D eigenvalue weighted by Gasteiger charge is 2.06. The lowest BCUT2D eigenvalue weighted by molar-refractivity contribution is 0.998. The van der Waals surface area contributed by atoms with Gasteiger partial charge in [0, 0.05) is 12.4 Å². The Morgan fingerprint density at radius 2 is 1.65 bits per heavy atom. The first-order valence-electron chi connectivity index (χ1n) is 5.95. The zero-order valence-corrected chi connectivity index (χ0v) is 10.3. The maximum Gasteiger partial charge on any atom is 0.156 e. The van der Waals surface area contributed by atoms with Gasteiger partial charge >= 0.3 is 0 Å². The topological polar surface area (TPSA) is 82.1 Å². The van der Waals surface area contributed by atoms with Crippen LogP contribution in [0.1, 0.15) is 0 Å². The highest BCUT2D eigenvalue weighted by atomic mass is 15.2. The molecule has 4 aromatic rings. The van der Waals surface area contributed by atoms with Gasteiger partial charge in [0.25, 0.3) is 0 Å². The monoisotopic (exact) mass is 266 g/mol. The molecule has 0 amide bonds. The summed E-state index contributed by atoms with van der Waals surface area (Å²) in [4.78, 5) is 19.7. The van der Waals surface area contributed by atoms with E-state index < -0.39 is 0 Å². The van der Waals surface area contributed by atoms with Crippen LogP contribution in [-0.4, -0.2) is 38.6 Å².